The van der Waals surface area contributed by atoms with Crippen LogP contribution in [0.15, 0.2) is 27.6 Å². The van der Waals surface area contributed by atoms with Crippen molar-refractivity contribution in [2.75, 3.05) is 7.05 Å². The first-order valence-corrected chi connectivity index (χ1v) is 9.53. The highest BCUT2D eigenvalue weighted by Crippen LogP contribution is 2.24. The van der Waals surface area contributed by atoms with Gasteiger partial charge in [0.2, 0.25) is 10.0 Å². The van der Waals surface area contributed by atoms with Gasteiger partial charge >= 0.3 is 0 Å². The molecular formula is C15H25BrN2O2S. The maximum atomic E-state index is 12.5. The molecule has 4 nitrogen and oxygen atoms in total. The topological polar surface area (TPSA) is 58.2 Å². The van der Waals surface area contributed by atoms with Crippen LogP contribution in [-0.2, 0) is 16.6 Å². The minimum absolute atomic E-state index is 0.0789. The summed E-state index contributed by atoms with van der Waals surface area (Å²) in [5.41, 5.74) is 0.940. The van der Waals surface area contributed by atoms with Crippen LogP contribution in [0, 0.1) is 5.92 Å². The normalized spacial score (nSPS) is 14.9. The van der Waals surface area contributed by atoms with Gasteiger partial charge in [-0.2, -0.15) is 0 Å². The molecule has 0 fully saturated rings. The van der Waals surface area contributed by atoms with Crippen LogP contribution in [-0.4, -0.2) is 21.5 Å². The second kappa shape index (κ2) is 8.27. The van der Waals surface area contributed by atoms with Gasteiger partial charge in [-0.15, -0.1) is 0 Å². The van der Waals surface area contributed by atoms with E-state index in [1.807, 2.05) is 20.0 Å². The zero-order valence-electron chi connectivity index (χ0n) is 13.1. The van der Waals surface area contributed by atoms with Crippen molar-refractivity contribution in [3.63, 3.8) is 0 Å². The molecule has 0 heterocycles. The molecule has 0 aliphatic rings. The van der Waals surface area contributed by atoms with Crippen molar-refractivity contribution in [2.24, 2.45) is 5.92 Å². The van der Waals surface area contributed by atoms with E-state index in [4.69, 9.17) is 0 Å². The van der Waals surface area contributed by atoms with Crippen LogP contribution in [0.3, 0.4) is 0 Å². The van der Waals surface area contributed by atoms with E-state index in [1.165, 1.54) is 0 Å². The van der Waals surface area contributed by atoms with Crippen molar-refractivity contribution in [1.82, 2.24) is 10.0 Å². The fraction of sp³-hybridized carbons (Fsp3) is 0.600. The molecule has 0 bridgehead atoms. The minimum atomic E-state index is -3.51. The molecule has 1 aromatic carbocycles. The minimum Gasteiger partial charge on any atom is -0.316 e. The molecule has 6 heteroatoms. The lowest BCUT2D eigenvalue weighted by molar-refractivity contribution is 0.445. The summed E-state index contributed by atoms with van der Waals surface area (Å²) in [6, 6.07) is 5.31. The highest BCUT2D eigenvalue weighted by Gasteiger charge is 2.21. The molecule has 0 saturated carbocycles. The standard InChI is InChI=1S/C15H25BrN2O2S/c1-5-11(2)8-12(3)18-21(19,20)15-9-13(10-17-4)6-7-14(15)16/h6-7,9,11-12,17-18H,5,8,10H2,1-4H3. The fourth-order valence-electron chi connectivity index (χ4n) is 2.21. The van der Waals surface area contributed by atoms with Gasteiger partial charge in [-0.1, -0.05) is 26.3 Å². The van der Waals surface area contributed by atoms with Crippen molar-refractivity contribution in [1.29, 1.82) is 0 Å². The van der Waals surface area contributed by atoms with Gasteiger partial charge in [0, 0.05) is 17.1 Å². The summed E-state index contributed by atoms with van der Waals surface area (Å²) < 4.78 is 28.4. The predicted octanol–water partition coefficient (Wildman–Crippen LogP) is 3.27. The van der Waals surface area contributed by atoms with Crippen molar-refractivity contribution in [3.8, 4) is 0 Å². The van der Waals surface area contributed by atoms with Gasteiger partial charge in [0.15, 0.2) is 0 Å². The van der Waals surface area contributed by atoms with E-state index >= 15 is 0 Å². The molecule has 120 valence electrons. The summed E-state index contributed by atoms with van der Waals surface area (Å²) >= 11 is 3.33. The van der Waals surface area contributed by atoms with E-state index in [0.29, 0.717) is 21.8 Å². The quantitative estimate of drug-likeness (QED) is 0.731. The Labute approximate surface area is 136 Å². The van der Waals surface area contributed by atoms with Crippen LogP contribution < -0.4 is 10.0 Å². The van der Waals surface area contributed by atoms with Crippen LogP contribution in [0.1, 0.15) is 39.2 Å². The molecule has 2 atom stereocenters. The Bertz CT molecular complexity index is 561. The van der Waals surface area contributed by atoms with Crippen LogP contribution in [0.25, 0.3) is 0 Å². The van der Waals surface area contributed by atoms with Crippen molar-refractivity contribution in [3.05, 3.63) is 28.2 Å². The van der Waals surface area contributed by atoms with Gasteiger partial charge in [-0.05, 0) is 59.9 Å². The molecule has 0 aliphatic heterocycles. The maximum absolute atomic E-state index is 12.5. The molecule has 0 aliphatic carbocycles. The van der Waals surface area contributed by atoms with E-state index in [9.17, 15) is 8.42 Å². The Kier molecular flexibility index (Phi) is 7.33. The molecule has 0 aromatic heterocycles. The van der Waals surface area contributed by atoms with E-state index in [-0.39, 0.29) is 6.04 Å². The van der Waals surface area contributed by atoms with Gasteiger partial charge in [0.25, 0.3) is 0 Å². The first-order valence-electron chi connectivity index (χ1n) is 7.25. The summed E-state index contributed by atoms with van der Waals surface area (Å²) in [7, 11) is -1.67. The van der Waals surface area contributed by atoms with Gasteiger partial charge in [-0.25, -0.2) is 13.1 Å². The van der Waals surface area contributed by atoms with Crippen LogP contribution in [0.5, 0.6) is 0 Å². The van der Waals surface area contributed by atoms with E-state index in [0.717, 1.165) is 18.4 Å². The van der Waals surface area contributed by atoms with Crippen LogP contribution in [0.4, 0.5) is 0 Å². The van der Waals surface area contributed by atoms with Gasteiger partial charge in [0.1, 0.15) is 0 Å². The molecule has 1 aromatic rings. The summed E-state index contributed by atoms with van der Waals surface area (Å²) in [6.45, 7) is 6.80. The fourth-order valence-corrected chi connectivity index (χ4v) is 4.48. The lowest BCUT2D eigenvalue weighted by atomic mass is 10.0. The smallest absolute Gasteiger partial charge is 0.241 e. The average molecular weight is 377 g/mol. The second-order valence-corrected chi connectivity index (χ2v) is 8.10. The van der Waals surface area contributed by atoms with Crippen molar-refractivity contribution >= 4 is 26.0 Å². The average Bonchev–Trinajstić information content (AvgIpc) is 2.40. The first-order chi connectivity index (χ1) is 9.80. The number of sulfonamides is 1. The van der Waals surface area contributed by atoms with Crippen molar-refractivity contribution in [2.45, 2.75) is 51.1 Å². The zero-order chi connectivity index (χ0) is 16.0. The largest absolute Gasteiger partial charge is 0.316 e. The molecule has 2 unspecified atom stereocenters. The van der Waals surface area contributed by atoms with E-state index in [1.54, 1.807) is 12.1 Å². The SMILES string of the molecule is CCC(C)CC(C)NS(=O)(=O)c1cc(CNC)ccc1Br. The number of benzene rings is 1. The lowest BCUT2D eigenvalue weighted by Crippen LogP contribution is -2.34. The Balaban J connectivity index is 2.94. The predicted molar refractivity (Wildman–Crippen MR) is 90.8 cm³/mol. The summed E-state index contributed by atoms with van der Waals surface area (Å²) in [5, 5.41) is 3.03. The Morgan fingerprint density at radius 2 is 1.95 bits per heavy atom. The van der Waals surface area contributed by atoms with Gasteiger partial charge in [0.05, 0.1) is 4.90 Å². The lowest BCUT2D eigenvalue weighted by Gasteiger charge is -2.18. The maximum Gasteiger partial charge on any atom is 0.241 e. The number of rotatable bonds is 8. The van der Waals surface area contributed by atoms with Crippen LogP contribution in [0.2, 0.25) is 0 Å². The third-order valence-corrected chi connectivity index (χ3v) is 6.06. The number of halogens is 1. The van der Waals surface area contributed by atoms with Crippen molar-refractivity contribution < 1.29 is 8.42 Å². The third kappa shape index (κ3) is 5.70. The third-order valence-electron chi connectivity index (χ3n) is 3.48. The van der Waals surface area contributed by atoms with E-state index < -0.39 is 10.0 Å². The van der Waals surface area contributed by atoms with Crippen LogP contribution >= 0.6 is 15.9 Å². The van der Waals surface area contributed by atoms with Gasteiger partial charge in [-0.3, -0.25) is 0 Å². The summed E-state index contributed by atoms with van der Waals surface area (Å²) in [6.07, 6.45) is 1.89. The first kappa shape index (κ1) is 18.6. The summed E-state index contributed by atoms with van der Waals surface area (Å²) in [4.78, 5) is 0.297. The zero-order valence-corrected chi connectivity index (χ0v) is 15.5. The van der Waals surface area contributed by atoms with E-state index in [2.05, 4.69) is 39.8 Å². The highest BCUT2D eigenvalue weighted by molar-refractivity contribution is 9.10. The Hall–Kier alpha value is -0.430. The molecule has 0 amide bonds. The Morgan fingerprint density at radius 3 is 2.52 bits per heavy atom. The molecule has 0 spiro atoms. The van der Waals surface area contributed by atoms with Gasteiger partial charge < -0.3 is 5.32 Å². The molecule has 21 heavy (non-hydrogen) atoms. The number of nitrogens with one attached hydrogen (secondary N) is 2. The molecule has 0 saturated heterocycles. The second-order valence-electron chi connectivity index (χ2n) is 5.57. The Morgan fingerprint density at radius 1 is 1.29 bits per heavy atom. The highest BCUT2D eigenvalue weighted by atomic mass is 79.9. The molecular weight excluding hydrogens is 352 g/mol. The molecule has 0 radical (unpaired) electrons. The number of hydrogen-bond donors (Lipinski definition) is 2. The monoisotopic (exact) mass is 376 g/mol. The molecule has 1 rings (SSSR count). The summed E-state index contributed by atoms with van der Waals surface area (Å²) in [5.74, 6) is 0.502. The molecule has 2 N–H and O–H groups in total. The number of hydrogen-bond acceptors (Lipinski definition) is 3.